The largest absolute Gasteiger partial charge is 0.478 e. The highest BCUT2D eigenvalue weighted by atomic mass is 16.4. The normalized spacial score (nSPS) is 9.31. The molecule has 0 aliphatic carbocycles. The Morgan fingerprint density at radius 1 is 1.00 bits per heavy atom. The van der Waals surface area contributed by atoms with E-state index in [1.54, 1.807) is 12.1 Å². The van der Waals surface area contributed by atoms with E-state index in [1.807, 2.05) is 32.1 Å². The number of para-hydroxylation sites is 1. The highest BCUT2D eigenvalue weighted by Crippen LogP contribution is 2.14. The molecule has 1 amide bonds. The number of aromatic nitrogens is 1. The van der Waals surface area contributed by atoms with Crippen molar-refractivity contribution < 1.29 is 14.7 Å². The molecule has 0 unspecified atom stereocenters. The number of hydrogen-bond donors (Lipinski definition) is 3. The third kappa shape index (κ3) is 7.14. The van der Waals surface area contributed by atoms with Crippen LogP contribution in [0.4, 0.5) is 0 Å². The summed E-state index contributed by atoms with van der Waals surface area (Å²) < 4.78 is 0. The van der Waals surface area contributed by atoms with Crippen molar-refractivity contribution in [2.45, 2.75) is 20.3 Å². The van der Waals surface area contributed by atoms with Gasteiger partial charge in [-0.3, -0.25) is 4.79 Å². The molecule has 0 saturated carbocycles. The van der Waals surface area contributed by atoms with Gasteiger partial charge in [-0.1, -0.05) is 56.3 Å². The van der Waals surface area contributed by atoms with Crippen LogP contribution < -0.4 is 5.32 Å². The summed E-state index contributed by atoms with van der Waals surface area (Å²) in [5, 5.41) is 12.6. The number of carboxylic acid groups (broad SMARTS) is 1. The number of aromatic amines is 1. The number of carbonyl (C=O) groups is 2. The Balaban J connectivity index is 0.000000272. The van der Waals surface area contributed by atoms with Crippen LogP contribution in [0.1, 0.15) is 40.3 Å². The Bertz CT molecular complexity index is 924. The summed E-state index contributed by atoms with van der Waals surface area (Å²) in [6.07, 6.45) is 4.35. The molecule has 0 aliphatic heterocycles. The van der Waals surface area contributed by atoms with E-state index in [2.05, 4.69) is 41.7 Å². The lowest BCUT2D eigenvalue weighted by Gasteiger charge is -2.05. The van der Waals surface area contributed by atoms with Crippen LogP contribution in [0.3, 0.4) is 0 Å². The summed E-state index contributed by atoms with van der Waals surface area (Å²) >= 11 is 0. The van der Waals surface area contributed by atoms with Gasteiger partial charge >= 0.3 is 5.97 Å². The van der Waals surface area contributed by atoms with Crippen LogP contribution in [0.25, 0.3) is 10.9 Å². The van der Waals surface area contributed by atoms with Gasteiger partial charge in [-0.05, 0) is 29.7 Å². The summed E-state index contributed by atoms with van der Waals surface area (Å²) in [5.41, 5.74) is 2.59. The Kier molecular flexibility index (Phi) is 10.3. The minimum Gasteiger partial charge on any atom is -0.478 e. The van der Waals surface area contributed by atoms with Gasteiger partial charge < -0.3 is 15.4 Å². The van der Waals surface area contributed by atoms with E-state index >= 15 is 0 Å². The number of nitrogens with one attached hydrogen (secondary N) is 2. The number of amides is 1. The molecule has 5 nitrogen and oxygen atoms in total. The molecule has 29 heavy (non-hydrogen) atoms. The lowest BCUT2D eigenvalue weighted by Crippen LogP contribution is -2.25. The van der Waals surface area contributed by atoms with Crippen molar-refractivity contribution in [2.75, 3.05) is 6.54 Å². The standard InChI is InChI=1S/C11H11NO3.C11H11N.C2H6/c1-2-7-12-10(13)8-5-3-4-6-9(8)11(14)15;1-2-5-10-8-9-6-3-4-7-11(9)12-10;1-2/h2-6H,1,7H2,(H,12,13)(H,14,15);2-4,6-8,12H,1,5H2;1-2H3. The fourth-order valence-electron chi connectivity index (χ4n) is 2.53. The molecule has 152 valence electrons. The maximum Gasteiger partial charge on any atom is 0.336 e. The van der Waals surface area contributed by atoms with Crippen LogP contribution in [0.15, 0.2) is 79.9 Å². The molecule has 3 aromatic rings. The SMILES string of the molecule is C=CCNC(=O)c1ccccc1C(=O)O.C=CCc1cc2ccccc2[nH]1.CC. The summed E-state index contributed by atoms with van der Waals surface area (Å²) in [7, 11) is 0. The van der Waals surface area contributed by atoms with Crippen LogP contribution >= 0.6 is 0 Å². The smallest absolute Gasteiger partial charge is 0.336 e. The summed E-state index contributed by atoms with van der Waals surface area (Å²) in [6, 6.07) is 16.5. The zero-order chi connectivity index (χ0) is 21.6. The lowest BCUT2D eigenvalue weighted by molar-refractivity contribution is 0.0691. The number of hydrogen-bond acceptors (Lipinski definition) is 2. The second kappa shape index (κ2) is 12.7. The number of H-pyrrole nitrogens is 1. The molecule has 0 radical (unpaired) electrons. The molecular formula is C24H28N2O3. The molecule has 3 N–H and O–H groups in total. The number of carbonyl (C=O) groups excluding carboxylic acids is 1. The first kappa shape index (κ1) is 23.4. The maximum atomic E-state index is 11.5. The van der Waals surface area contributed by atoms with E-state index in [1.165, 1.54) is 34.8 Å². The predicted octanol–water partition coefficient (Wildman–Crippen LogP) is 5.22. The van der Waals surface area contributed by atoms with Crippen molar-refractivity contribution in [1.82, 2.24) is 10.3 Å². The highest BCUT2D eigenvalue weighted by Gasteiger charge is 2.14. The van der Waals surface area contributed by atoms with Crippen LogP contribution in [-0.2, 0) is 6.42 Å². The van der Waals surface area contributed by atoms with E-state index in [0.717, 1.165) is 6.42 Å². The first-order chi connectivity index (χ1) is 14.1. The second-order valence-corrected chi connectivity index (χ2v) is 5.72. The topological polar surface area (TPSA) is 82.2 Å². The molecule has 0 aliphatic rings. The van der Waals surface area contributed by atoms with Gasteiger partial charge in [-0.2, -0.15) is 0 Å². The van der Waals surface area contributed by atoms with E-state index in [9.17, 15) is 9.59 Å². The Hall–Kier alpha value is -3.60. The number of aromatic carboxylic acids is 1. The van der Waals surface area contributed by atoms with Crippen molar-refractivity contribution in [2.24, 2.45) is 0 Å². The van der Waals surface area contributed by atoms with Crippen LogP contribution in [0, 0.1) is 0 Å². The first-order valence-electron chi connectivity index (χ1n) is 9.45. The second-order valence-electron chi connectivity index (χ2n) is 5.72. The van der Waals surface area contributed by atoms with Crippen LogP contribution in [-0.4, -0.2) is 28.5 Å². The molecule has 1 heterocycles. The fourth-order valence-corrected chi connectivity index (χ4v) is 2.53. The number of fused-ring (bicyclic) bond motifs is 1. The monoisotopic (exact) mass is 392 g/mol. The molecule has 3 rings (SSSR count). The zero-order valence-corrected chi connectivity index (χ0v) is 16.9. The van der Waals surface area contributed by atoms with E-state index in [4.69, 9.17) is 5.11 Å². The molecule has 2 aromatic carbocycles. The van der Waals surface area contributed by atoms with Gasteiger partial charge in [0, 0.05) is 24.2 Å². The zero-order valence-electron chi connectivity index (χ0n) is 16.9. The Labute approximate surface area is 171 Å². The van der Waals surface area contributed by atoms with Gasteiger partial charge in [-0.25, -0.2) is 4.79 Å². The van der Waals surface area contributed by atoms with Gasteiger partial charge in [0.05, 0.1) is 11.1 Å². The molecule has 5 heteroatoms. The van der Waals surface area contributed by atoms with Crippen LogP contribution in [0.5, 0.6) is 0 Å². The van der Waals surface area contributed by atoms with Gasteiger partial charge in [0.1, 0.15) is 0 Å². The quantitative estimate of drug-likeness (QED) is 0.503. The third-order valence-corrected chi connectivity index (χ3v) is 3.76. The number of carboxylic acids is 1. The molecule has 0 saturated heterocycles. The summed E-state index contributed by atoms with van der Waals surface area (Å²) in [6.45, 7) is 11.5. The molecular weight excluding hydrogens is 364 g/mol. The fraction of sp³-hybridized carbons (Fsp3) is 0.167. The molecule has 0 fully saturated rings. The molecule has 0 bridgehead atoms. The molecule has 1 aromatic heterocycles. The summed E-state index contributed by atoms with van der Waals surface area (Å²) in [5.74, 6) is -1.52. The Morgan fingerprint density at radius 3 is 2.21 bits per heavy atom. The van der Waals surface area contributed by atoms with Gasteiger partial charge in [0.25, 0.3) is 5.91 Å². The van der Waals surface area contributed by atoms with Crippen molar-refractivity contribution in [3.05, 3.63) is 96.7 Å². The van der Waals surface area contributed by atoms with E-state index in [0.29, 0.717) is 6.54 Å². The number of rotatable bonds is 6. The van der Waals surface area contributed by atoms with E-state index in [-0.39, 0.29) is 11.1 Å². The molecule has 0 spiro atoms. The van der Waals surface area contributed by atoms with Crippen molar-refractivity contribution >= 4 is 22.8 Å². The lowest BCUT2D eigenvalue weighted by atomic mass is 10.1. The summed E-state index contributed by atoms with van der Waals surface area (Å²) in [4.78, 5) is 25.6. The average Bonchev–Trinajstić information content (AvgIpc) is 3.16. The minimum atomic E-state index is -1.11. The average molecular weight is 392 g/mol. The minimum absolute atomic E-state index is 0.000868. The van der Waals surface area contributed by atoms with Gasteiger partial charge in [-0.15, -0.1) is 13.2 Å². The van der Waals surface area contributed by atoms with Gasteiger partial charge in [0.2, 0.25) is 0 Å². The van der Waals surface area contributed by atoms with Crippen molar-refractivity contribution in [3.63, 3.8) is 0 Å². The Morgan fingerprint density at radius 2 is 1.62 bits per heavy atom. The third-order valence-electron chi connectivity index (χ3n) is 3.76. The highest BCUT2D eigenvalue weighted by molar-refractivity contribution is 6.04. The van der Waals surface area contributed by atoms with Crippen LogP contribution in [0.2, 0.25) is 0 Å². The van der Waals surface area contributed by atoms with Gasteiger partial charge in [0.15, 0.2) is 0 Å². The maximum absolute atomic E-state index is 11.5. The van der Waals surface area contributed by atoms with Crippen molar-refractivity contribution in [3.8, 4) is 0 Å². The molecule has 0 atom stereocenters. The van der Waals surface area contributed by atoms with E-state index < -0.39 is 11.9 Å². The number of allylic oxidation sites excluding steroid dienone is 1. The predicted molar refractivity (Wildman–Crippen MR) is 119 cm³/mol. The number of benzene rings is 2. The first-order valence-corrected chi connectivity index (χ1v) is 9.45. The van der Waals surface area contributed by atoms with Crippen molar-refractivity contribution in [1.29, 1.82) is 0 Å².